The van der Waals surface area contributed by atoms with Gasteiger partial charge in [0, 0.05) is 31.0 Å². The maximum absolute atomic E-state index is 13.1. The molecule has 3 rings (SSSR count). The summed E-state index contributed by atoms with van der Waals surface area (Å²) >= 11 is 0. The van der Waals surface area contributed by atoms with Gasteiger partial charge in [0.05, 0.1) is 12.1 Å². The highest BCUT2D eigenvalue weighted by Gasteiger charge is 2.24. The van der Waals surface area contributed by atoms with Crippen LogP contribution in [0.3, 0.4) is 0 Å². The van der Waals surface area contributed by atoms with E-state index in [0.29, 0.717) is 11.1 Å². The van der Waals surface area contributed by atoms with Gasteiger partial charge in [0.15, 0.2) is 0 Å². The average molecular weight is 401 g/mol. The summed E-state index contributed by atoms with van der Waals surface area (Å²) in [6.45, 7) is 5.60. The van der Waals surface area contributed by atoms with E-state index in [1.807, 2.05) is 12.1 Å². The van der Waals surface area contributed by atoms with E-state index in [1.165, 1.54) is 27.3 Å². The Labute approximate surface area is 164 Å². The van der Waals surface area contributed by atoms with Crippen LogP contribution >= 0.6 is 0 Å². The van der Waals surface area contributed by atoms with Crippen molar-refractivity contribution in [2.24, 2.45) is 0 Å². The van der Waals surface area contributed by atoms with Gasteiger partial charge in [-0.15, -0.1) is 0 Å². The van der Waals surface area contributed by atoms with E-state index >= 15 is 0 Å². The number of amides is 1. The zero-order valence-corrected chi connectivity index (χ0v) is 17.1. The monoisotopic (exact) mass is 401 g/mol. The lowest BCUT2D eigenvalue weighted by Gasteiger charge is -2.24. The summed E-state index contributed by atoms with van der Waals surface area (Å²) in [6.07, 6.45) is 3.91. The minimum absolute atomic E-state index is 0.0998. The molecule has 3 aromatic rings. The van der Waals surface area contributed by atoms with Crippen LogP contribution in [0.25, 0.3) is 10.9 Å². The van der Waals surface area contributed by atoms with Crippen LogP contribution in [0.15, 0.2) is 59.9 Å². The number of pyridine rings is 1. The fourth-order valence-corrected chi connectivity index (χ4v) is 4.17. The molecule has 1 amide bonds. The Morgan fingerprint density at radius 1 is 1.18 bits per heavy atom. The van der Waals surface area contributed by atoms with Crippen LogP contribution in [0.5, 0.6) is 0 Å². The second-order valence-corrected chi connectivity index (χ2v) is 9.31. The van der Waals surface area contributed by atoms with Gasteiger partial charge in [0.1, 0.15) is 10.5 Å². The molecular formula is C20H23N3O4S. The topological polar surface area (TPSA) is 81.5 Å². The number of para-hydroxylation sites is 1. The lowest BCUT2D eigenvalue weighted by molar-refractivity contribution is 0.0286. The molecule has 0 spiro atoms. The average Bonchev–Trinajstić information content (AvgIpc) is 3.00. The van der Waals surface area contributed by atoms with Crippen LogP contribution in [0, 0.1) is 0 Å². The summed E-state index contributed by atoms with van der Waals surface area (Å²) < 4.78 is 32.8. The fraction of sp³-hybridized carbons (Fsp3) is 0.300. The fourth-order valence-electron chi connectivity index (χ4n) is 2.82. The molecular weight excluding hydrogens is 378 g/mol. The van der Waals surface area contributed by atoms with E-state index in [4.69, 9.17) is 4.74 Å². The minimum atomic E-state index is -3.81. The highest BCUT2D eigenvalue weighted by Crippen LogP contribution is 2.27. The predicted molar refractivity (Wildman–Crippen MR) is 106 cm³/mol. The molecule has 0 saturated heterocycles. The molecule has 28 heavy (non-hydrogen) atoms. The van der Waals surface area contributed by atoms with Crippen LogP contribution in [0.4, 0.5) is 4.79 Å². The zero-order valence-electron chi connectivity index (χ0n) is 16.3. The number of nitrogens with zero attached hydrogens (tertiary/aromatic N) is 3. The lowest BCUT2D eigenvalue weighted by atomic mass is 10.1. The molecule has 0 atom stereocenters. The van der Waals surface area contributed by atoms with E-state index in [2.05, 4.69) is 4.98 Å². The van der Waals surface area contributed by atoms with Gasteiger partial charge in [-0.2, -0.15) is 0 Å². The standard InChI is InChI=1S/C20H23N3O4S/c1-20(2,3)27-19(24)22(4)13-15-14-23(18-10-6-5-9-17(15)18)28(25,26)16-8-7-11-21-12-16/h5-12,14H,13H2,1-4H3. The second-order valence-electron chi connectivity index (χ2n) is 7.50. The number of hydrogen-bond donors (Lipinski definition) is 0. The first-order valence-corrected chi connectivity index (χ1v) is 10.2. The summed E-state index contributed by atoms with van der Waals surface area (Å²) in [4.78, 5) is 17.7. The first kappa shape index (κ1) is 19.9. The maximum Gasteiger partial charge on any atom is 0.410 e. The molecule has 0 aliphatic carbocycles. The van der Waals surface area contributed by atoms with Gasteiger partial charge in [0.2, 0.25) is 0 Å². The number of carbonyl (C=O) groups is 1. The van der Waals surface area contributed by atoms with Gasteiger partial charge >= 0.3 is 6.09 Å². The number of ether oxygens (including phenoxy) is 1. The normalized spacial score (nSPS) is 12.1. The molecule has 0 radical (unpaired) electrons. The van der Waals surface area contributed by atoms with Crippen molar-refractivity contribution in [3.05, 3.63) is 60.6 Å². The van der Waals surface area contributed by atoms with Crippen molar-refractivity contribution in [3.63, 3.8) is 0 Å². The molecule has 2 aromatic heterocycles. The van der Waals surface area contributed by atoms with Crippen molar-refractivity contribution in [3.8, 4) is 0 Å². The van der Waals surface area contributed by atoms with Crippen molar-refractivity contribution in [1.82, 2.24) is 13.9 Å². The molecule has 0 aliphatic rings. The Morgan fingerprint density at radius 2 is 1.89 bits per heavy atom. The third-order valence-electron chi connectivity index (χ3n) is 4.06. The number of hydrogen-bond acceptors (Lipinski definition) is 5. The van der Waals surface area contributed by atoms with Gasteiger partial charge in [-0.3, -0.25) is 4.98 Å². The van der Waals surface area contributed by atoms with Crippen molar-refractivity contribution >= 4 is 27.0 Å². The van der Waals surface area contributed by atoms with E-state index in [0.717, 1.165) is 5.39 Å². The van der Waals surface area contributed by atoms with Crippen LogP contribution in [-0.2, 0) is 21.3 Å². The Morgan fingerprint density at radius 3 is 2.54 bits per heavy atom. The van der Waals surface area contributed by atoms with Crippen LogP contribution in [0.2, 0.25) is 0 Å². The zero-order chi connectivity index (χ0) is 20.5. The van der Waals surface area contributed by atoms with Crippen LogP contribution in [-0.4, -0.2) is 41.0 Å². The SMILES string of the molecule is CN(Cc1cn(S(=O)(=O)c2cccnc2)c2ccccc12)C(=O)OC(C)(C)C. The number of rotatable bonds is 4. The van der Waals surface area contributed by atoms with E-state index in [9.17, 15) is 13.2 Å². The molecule has 0 saturated carbocycles. The molecule has 8 heteroatoms. The maximum atomic E-state index is 13.1. The van der Waals surface area contributed by atoms with Crippen LogP contribution < -0.4 is 0 Å². The molecule has 0 aliphatic heterocycles. The highest BCUT2D eigenvalue weighted by atomic mass is 32.2. The van der Waals surface area contributed by atoms with E-state index in [1.54, 1.807) is 52.2 Å². The Balaban J connectivity index is 2.01. The Bertz CT molecular complexity index is 1100. The van der Waals surface area contributed by atoms with Crippen molar-refractivity contribution in [2.45, 2.75) is 37.8 Å². The molecule has 0 bridgehead atoms. The number of aromatic nitrogens is 2. The number of fused-ring (bicyclic) bond motifs is 1. The van der Waals surface area contributed by atoms with E-state index in [-0.39, 0.29) is 11.4 Å². The van der Waals surface area contributed by atoms with Gasteiger partial charge in [0.25, 0.3) is 10.0 Å². The van der Waals surface area contributed by atoms with Gasteiger partial charge in [-0.25, -0.2) is 17.2 Å². The molecule has 148 valence electrons. The van der Waals surface area contributed by atoms with Crippen molar-refractivity contribution < 1.29 is 17.9 Å². The van der Waals surface area contributed by atoms with Gasteiger partial charge in [-0.05, 0) is 44.5 Å². The Hall–Kier alpha value is -2.87. The quantitative estimate of drug-likeness (QED) is 0.667. The van der Waals surface area contributed by atoms with Crippen molar-refractivity contribution in [2.75, 3.05) is 7.05 Å². The predicted octanol–water partition coefficient (Wildman–Crippen LogP) is 3.64. The third-order valence-corrected chi connectivity index (χ3v) is 5.72. The molecule has 1 aromatic carbocycles. The van der Waals surface area contributed by atoms with E-state index < -0.39 is 21.7 Å². The van der Waals surface area contributed by atoms with Gasteiger partial charge < -0.3 is 9.64 Å². The number of carbonyl (C=O) groups excluding carboxylic acids is 1. The second kappa shape index (κ2) is 7.27. The first-order valence-electron chi connectivity index (χ1n) is 8.78. The summed E-state index contributed by atoms with van der Waals surface area (Å²) in [5.41, 5.74) is 0.638. The molecule has 0 N–H and O–H groups in total. The molecule has 7 nitrogen and oxygen atoms in total. The summed E-state index contributed by atoms with van der Waals surface area (Å²) in [5.74, 6) is 0. The largest absolute Gasteiger partial charge is 0.444 e. The Kier molecular flexibility index (Phi) is 5.16. The molecule has 2 heterocycles. The highest BCUT2D eigenvalue weighted by molar-refractivity contribution is 7.90. The summed E-state index contributed by atoms with van der Waals surface area (Å²) in [7, 11) is -2.19. The number of benzene rings is 1. The third kappa shape index (κ3) is 4.01. The molecule has 0 unspecified atom stereocenters. The van der Waals surface area contributed by atoms with Crippen molar-refractivity contribution in [1.29, 1.82) is 0 Å². The summed E-state index contributed by atoms with van der Waals surface area (Å²) in [6, 6.07) is 10.3. The smallest absolute Gasteiger partial charge is 0.410 e. The minimum Gasteiger partial charge on any atom is -0.444 e. The lowest BCUT2D eigenvalue weighted by Crippen LogP contribution is -2.33. The summed E-state index contributed by atoms with van der Waals surface area (Å²) in [5, 5.41) is 0.755. The molecule has 0 fully saturated rings. The first-order chi connectivity index (χ1) is 13.1. The van der Waals surface area contributed by atoms with Crippen LogP contribution in [0.1, 0.15) is 26.3 Å². The van der Waals surface area contributed by atoms with Gasteiger partial charge in [-0.1, -0.05) is 18.2 Å².